The van der Waals surface area contributed by atoms with Crippen LogP contribution in [-0.4, -0.2) is 22.8 Å². The van der Waals surface area contributed by atoms with Crippen molar-refractivity contribution >= 4 is 11.8 Å². The van der Waals surface area contributed by atoms with Gasteiger partial charge in [-0.1, -0.05) is 18.2 Å². The van der Waals surface area contributed by atoms with Gasteiger partial charge in [-0.25, -0.2) is 0 Å². The number of aromatic nitrogens is 1. The van der Waals surface area contributed by atoms with Gasteiger partial charge in [0.1, 0.15) is 18.4 Å². The van der Waals surface area contributed by atoms with E-state index in [1.54, 1.807) is 6.20 Å². The fourth-order valence-corrected chi connectivity index (χ4v) is 2.51. The summed E-state index contributed by atoms with van der Waals surface area (Å²) in [5.74, 6) is 0.502. The summed E-state index contributed by atoms with van der Waals surface area (Å²) in [7, 11) is 0. The van der Waals surface area contributed by atoms with Crippen molar-refractivity contribution in [3.8, 4) is 5.75 Å². The van der Waals surface area contributed by atoms with Crippen LogP contribution in [0, 0.1) is 0 Å². The molecule has 1 saturated heterocycles. The van der Waals surface area contributed by atoms with Crippen LogP contribution >= 0.6 is 0 Å². The summed E-state index contributed by atoms with van der Waals surface area (Å²) in [4.78, 5) is 27.4. The van der Waals surface area contributed by atoms with Crippen LogP contribution in [-0.2, 0) is 22.7 Å². The molecule has 3 rings (SSSR count). The highest BCUT2D eigenvalue weighted by atomic mass is 16.5. The molecule has 1 atom stereocenters. The van der Waals surface area contributed by atoms with Gasteiger partial charge in [0.2, 0.25) is 11.8 Å². The number of amides is 2. The van der Waals surface area contributed by atoms with E-state index in [0.717, 1.165) is 17.0 Å². The number of ether oxygens (including phenoxy) is 1. The standard InChI is InChI=1S/C18H19N3O3/c22-17-8-7-16(21-17)18(23)20-11-13-4-3-6-15(10-13)24-12-14-5-1-2-9-19-14/h1-6,9-10,16H,7-8,11-12H2,(H,20,23)(H,21,22). The Kier molecular flexibility index (Phi) is 5.05. The first-order chi connectivity index (χ1) is 11.7. The number of pyridine rings is 1. The maximum absolute atomic E-state index is 12.0. The van der Waals surface area contributed by atoms with Crippen molar-refractivity contribution in [2.45, 2.75) is 32.0 Å². The maximum Gasteiger partial charge on any atom is 0.242 e. The first kappa shape index (κ1) is 16.0. The van der Waals surface area contributed by atoms with Crippen molar-refractivity contribution in [2.75, 3.05) is 0 Å². The molecule has 1 aliphatic rings. The quantitative estimate of drug-likeness (QED) is 0.844. The van der Waals surface area contributed by atoms with Crippen LogP contribution < -0.4 is 15.4 Å². The van der Waals surface area contributed by atoms with Crippen molar-refractivity contribution in [3.63, 3.8) is 0 Å². The molecule has 24 heavy (non-hydrogen) atoms. The zero-order valence-corrected chi connectivity index (χ0v) is 13.2. The molecular formula is C18H19N3O3. The normalized spacial score (nSPS) is 16.5. The number of hydrogen-bond acceptors (Lipinski definition) is 4. The molecule has 1 unspecified atom stereocenters. The van der Waals surface area contributed by atoms with Gasteiger partial charge in [-0.2, -0.15) is 0 Å². The van der Waals surface area contributed by atoms with Crippen LogP contribution in [0.25, 0.3) is 0 Å². The predicted molar refractivity (Wildman–Crippen MR) is 88.0 cm³/mol. The Labute approximate surface area is 140 Å². The van der Waals surface area contributed by atoms with Crippen LogP contribution in [0.15, 0.2) is 48.7 Å². The fourth-order valence-electron chi connectivity index (χ4n) is 2.51. The summed E-state index contributed by atoms with van der Waals surface area (Å²) in [6.07, 6.45) is 2.69. The highest BCUT2D eigenvalue weighted by molar-refractivity contribution is 5.90. The maximum atomic E-state index is 12.0. The summed E-state index contributed by atoms with van der Waals surface area (Å²) < 4.78 is 5.72. The van der Waals surface area contributed by atoms with E-state index in [1.807, 2.05) is 42.5 Å². The van der Waals surface area contributed by atoms with Gasteiger partial charge in [0, 0.05) is 19.2 Å². The molecule has 1 fully saturated rings. The van der Waals surface area contributed by atoms with Crippen molar-refractivity contribution in [3.05, 3.63) is 59.9 Å². The molecule has 6 heteroatoms. The largest absolute Gasteiger partial charge is 0.487 e. The highest BCUT2D eigenvalue weighted by Crippen LogP contribution is 2.15. The lowest BCUT2D eigenvalue weighted by atomic mass is 10.2. The lowest BCUT2D eigenvalue weighted by Gasteiger charge is -2.12. The summed E-state index contributed by atoms with van der Waals surface area (Å²) in [6.45, 7) is 0.788. The van der Waals surface area contributed by atoms with E-state index in [0.29, 0.717) is 26.0 Å². The van der Waals surface area contributed by atoms with Gasteiger partial charge < -0.3 is 15.4 Å². The third-order valence-corrected chi connectivity index (χ3v) is 3.79. The van der Waals surface area contributed by atoms with E-state index >= 15 is 0 Å². The lowest BCUT2D eigenvalue weighted by molar-refractivity contribution is -0.125. The molecule has 2 amide bonds. The van der Waals surface area contributed by atoms with E-state index in [2.05, 4.69) is 15.6 Å². The molecule has 0 radical (unpaired) electrons. The Bertz CT molecular complexity index is 718. The van der Waals surface area contributed by atoms with Crippen molar-refractivity contribution in [1.82, 2.24) is 15.6 Å². The van der Waals surface area contributed by atoms with Gasteiger partial charge in [0.25, 0.3) is 0 Å². The van der Waals surface area contributed by atoms with Crippen LogP contribution in [0.3, 0.4) is 0 Å². The minimum Gasteiger partial charge on any atom is -0.487 e. The molecule has 2 aromatic rings. The van der Waals surface area contributed by atoms with Gasteiger partial charge >= 0.3 is 0 Å². The minimum absolute atomic E-state index is 0.0694. The van der Waals surface area contributed by atoms with Gasteiger partial charge in [0.05, 0.1) is 5.69 Å². The van der Waals surface area contributed by atoms with E-state index < -0.39 is 6.04 Å². The molecule has 0 spiro atoms. The van der Waals surface area contributed by atoms with Crippen LogP contribution in [0.4, 0.5) is 0 Å². The molecule has 124 valence electrons. The molecule has 0 saturated carbocycles. The monoisotopic (exact) mass is 325 g/mol. The second-order valence-corrected chi connectivity index (χ2v) is 5.63. The number of carbonyl (C=O) groups is 2. The number of rotatable bonds is 6. The van der Waals surface area contributed by atoms with Crippen LogP contribution in [0.1, 0.15) is 24.1 Å². The summed E-state index contributed by atoms with van der Waals surface area (Å²) in [5, 5.41) is 5.50. The molecule has 1 aromatic carbocycles. The van der Waals surface area contributed by atoms with Crippen molar-refractivity contribution < 1.29 is 14.3 Å². The number of carbonyl (C=O) groups excluding carboxylic acids is 2. The Balaban J connectivity index is 1.51. The number of benzene rings is 1. The van der Waals surface area contributed by atoms with Crippen molar-refractivity contribution in [1.29, 1.82) is 0 Å². The Hall–Kier alpha value is -2.89. The lowest BCUT2D eigenvalue weighted by Crippen LogP contribution is -2.41. The Morgan fingerprint density at radius 3 is 2.96 bits per heavy atom. The van der Waals surface area contributed by atoms with E-state index in [4.69, 9.17) is 4.74 Å². The van der Waals surface area contributed by atoms with E-state index in [1.165, 1.54) is 0 Å². The summed E-state index contributed by atoms with van der Waals surface area (Å²) in [5.41, 5.74) is 1.79. The molecule has 2 heterocycles. The summed E-state index contributed by atoms with van der Waals surface area (Å²) in [6, 6.07) is 12.8. The predicted octanol–water partition coefficient (Wildman–Crippen LogP) is 1.56. The highest BCUT2D eigenvalue weighted by Gasteiger charge is 2.26. The number of hydrogen-bond donors (Lipinski definition) is 2. The van der Waals surface area contributed by atoms with Crippen molar-refractivity contribution in [2.24, 2.45) is 0 Å². The first-order valence-electron chi connectivity index (χ1n) is 7.89. The Morgan fingerprint density at radius 2 is 2.21 bits per heavy atom. The number of nitrogens with one attached hydrogen (secondary N) is 2. The van der Waals surface area contributed by atoms with Gasteiger partial charge in [-0.05, 0) is 36.2 Å². The molecular weight excluding hydrogens is 306 g/mol. The second-order valence-electron chi connectivity index (χ2n) is 5.63. The smallest absolute Gasteiger partial charge is 0.242 e. The third-order valence-electron chi connectivity index (χ3n) is 3.79. The topological polar surface area (TPSA) is 80.3 Å². The van der Waals surface area contributed by atoms with Gasteiger partial charge in [-0.15, -0.1) is 0 Å². The molecule has 1 aliphatic heterocycles. The molecule has 0 aliphatic carbocycles. The third kappa shape index (κ3) is 4.32. The van der Waals surface area contributed by atoms with Gasteiger partial charge in [-0.3, -0.25) is 14.6 Å². The molecule has 1 aromatic heterocycles. The number of nitrogens with zero attached hydrogens (tertiary/aromatic N) is 1. The minimum atomic E-state index is -0.416. The zero-order valence-electron chi connectivity index (χ0n) is 13.2. The SMILES string of the molecule is O=C1CCC(C(=O)NCc2cccc(OCc3ccccn3)c2)N1. The zero-order chi connectivity index (χ0) is 16.8. The van der Waals surface area contributed by atoms with Crippen LogP contribution in [0.5, 0.6) is 5.75 Å². The molecule has 2 N–H and O–H groups in total. The Morgan fingerprint density at radius 1 is 1.29 bits per heavy atom. The van der Waals surface area contributed by atoms with Crippen LogP contribution in [0.2, 0.25) is 0 Å². The fraction of sp³-hybridized carbons (Fsp3) is 0.278. The second kappa shape index (κ2) is 7.59. The average molecular weight is 325 g/mol. The summed E-state index contributed by atoms with van der Waals surface area (Å²) >= 11 is 0. The molecule has 0 bridgehead atoms. The van der Waals surface area contributed by atoms with Gasteiger partial charge in [0.15, 0.2) is 0 Å². The van der Waals surface area contributed by atoms with E-state index in [-0.39, 0.29) is 11.8 Å². The molecule has 6 nitrogen and oxygen atoms in total. The first-order valence-corrected chi connectivity index (χ1v) is 7.89. The average Bonchev–Trinajstić information content (AvgIpc) is 3.06. The van der Waals surface area contributed by atoms with E-state index in [9.17, 15) is 9.59 Å².